The molecule has 0 radical (unpaired) electrons. The summed E-state index contributed by atoms with van der Waals surface area (Å²) in [6.07, 6.45) is 1.29. The minimum absolute atomic E-state index is 0.113. The molecule has 0 aromatic heterocycles. The summed E-state index contributed by atoms with van der Waals surface area (Å²) in [5.41, 5.74) is 1.63. The number of anilines is 2. The normalized spacial score (nSPS) is 14.7. The number of amides is 2. The van der Waals surface area contributed by atoms with Crippen molar-refractivity contribution < 1.29 is 23.5 Å². The van der Waals surface area contributed by atoms with Crippen molar-refractivity contribution in [2.24, 2.45) is 5.92 Å². The summed E-state index contributed by atoms with van der Waals surface area (Å²) in [4.78, 5) is 26.9. The smallest absolute Gasteiger partial charge is 0.238 e. The van der Waals surface area contributed by atoms with Crippen LogP contribution in [-0.2, 0) is 9.59 Å². The van der Waals surface area contributed by atoms with Crippen molar-refractivity contribution in [1.29, 1.82) is 0 Å². The van der Waals surface area contributed by atoms with Crippen LogP contribution in [0, 0.1) is 18.7 Å². The topological polar surface area (TPSA) is 79.9 Å². The first-order valence-electron chi connectivity index (χ1n) is 10.2. The first kappa shape index (κ1) is 22.6. The Labute approximate surface area is 181 Å². The number of aryl methyl sites for hydroxylation is 1. The van der Waals surface area contributed by atoms with Gasteiger partial charge in [-0.1, -0.05) is 6.07 Å². The van der Waals surface area contributed by atoms with Gasteiger partial charge in [-0.15, -0.1) is 0 Å². The lowest BCUT2D eigenvalue weighted by molar-refractivity contribution is -0.121. The molecule has 0 unspecified atom stereocenters. The van der Waals surface area contributed by atoms with Gasteiger partial charge in [0.1, 0.15) is 5.82 Å². The molecular weight excluding hydrogens is 401 g/mol. The number of hydrogen-bond acceptors (Lipinski definition) is 5. The molecule has 2 N–H and O–H groups in total. The average Bonchev–Trinajstić information content (AvgIpc) is 2.76. The molecule has 7 nitrogen and oxygen atoms in total. The second-order valence-corrected chi connectivity index (χ2v) is 7.62. The number of piperidine rings is 1. The lowest BCUT2D eigenvalue weighted by Gasteiger charge is -2.30. The summed E-state index contributed by atoms with van der Waals surface area (Å²) in [7, 11) is 3.10. The quantitative estimate of drug-likeness (QED) is 0.705. The molecule has 31 heavy (non-hydrogen) atoms. The Kier molecular flexibility index (Phi) is 7.46. The van der Waals surface area contributed by atoms with Gasteiger partial charge in [-0.2, -0.15) is 0 Å². The Morgan fingerprint density at radius 3 is 2.29 bits per heavy atom. The predicted molar refractivity (Wildman–Crippen MR) is 117 cm³/mol. The summed E-state index contributed by atoms with van der Waals surface area (Å²) in [6, 6.07) is 9.87. The van der Waals surface area contributed by atoms with E-state index < -0.39 is 0 Å². The Balaban J connectivity index is 1.46. The van der Waals surface area contributed by atoms with Gasteiger partial charge in [-0.25, -0.2) is 4.39 Å². The maximum Gasteiger partial charge on any atom is 0.238 e. The van der Waals surface area contributed by atoms with Crippen LogP contribution in [0.4, 0.5) is 15.8 Å². The largest absolute Gasteiger partial charge is 0.493 e. The van der Waals surface area contributed by atoms with Crippen LogP contribution in [0.3, 0.4) is 0 Å². The van der Waals surface area contributed by atoms with Gasteiger partial charge in [0, 0.05) is 23.4 Å². The first-order chi connectivity index (χ1) is 14.9. The zero-order valence-corrected chi connectivity index (χ0v) is 18.0. The van der Waals surface area contributed by atoms with E-state index in [1.165, 1.54) is 6.07 Å². The number of likely N-dealkylation sites (tertiary alicyclic amines) is 1. The van der Waals surface area contributed by atoms with Gasteiger partial charge in [-0.3, -0.25) is 14.5 Å². The first-order valence-corrected chi connectivity index (χ1v) is 10.2. The van der Waals surface area contributed by atoms with Crippen LogP contribution in [0.2, 0.25) is 0 Å². The van der Waals surface area contributed by atoms with E-state index in [0.29, 0.717) is 54.4 Å². The van der Waals surface area contributed by atoms with Crippen molar-refractivity contribution >= 4 is 23.2 Å². The van der Waals surface area contributed by atoms with Crippen LogP contribution < -0.4 is 20.1 Å². The number of nitrogens with one attached hydrogen (secondary N) is 2. The number of carbonyl (C=O) groups is 2. The third kappa shape index (κ3) is 5.95. The fourth-order valence-electron chi connectivity index (χ4n) is 3.59. The van der Waals surface area contributed by atoms with Crippen LogP contribution in [0.5, 0.6) is 11.5 Å². The summed E-state index contributed by atoms with van der Waals surface area (Å²) in [5, 5.41) is 5.65. The molecular formula is C23H28FN3O4. The molecule has 1 aliphatic heterocycles. The third-order valence-electron chi connectivity index (χ3n) is 5.43. The molecule has 2 amide bonds. The van der Waals surface area contributed by atoms with Crippen molar-refractivity contribution in [3.05, 3.63) is 47.8 Å². The number of methoxy groups -OCH3 is 2. The third-order valence-corrected chi connectivity index (χ3v) is 5.43. The highest BCUT2D eigenvalue weighted by Crippen LogP contribution is 2.29. The van der Waals surface area contributed by atoms with Gasteiger partial charge < -0.3 is 20.1 Å². The van der Waals surface area contributed by atoms with E-state index in [4.69, 9.17) is 9.47 Å². The molecule has 1 fully saturated rings. The van der Waals surface area contributed by atoms with E-state index >= 15 is 0 Å². The lowest BCUT2D eigenvalue weighted by Crippen LogP contribution is -2.41. The SMILES string of the molecule is COc1ccc(NC(=O)CN2CCC(C(=O)Nc3ccc(C)c(F)c3)CC2)cc1OC. The molecule has 0 spiro atoms. The van der Waals surface area contributed by atoms with Crippen LogP contribution in [0.25, 0.3) is 0 Å². The summed E-state index contributed by atoms with van der Waals surface area (Å²) >= 11 is 0. The standard InChI is InChI=1S/C23H28FN3O4/c1-15-4-5-17(12-19(15)24)26-23(29)16-8-10-27(11-9-16)14-22(28)25-18-6-7-20(30-2)21(13-18)31-3/h4-7,12-13,16H,8-11,14H2,1-3H3,(H,25,28)(H,26,29). The van der Waals surface area contributed by atoms with E-state index in [2.05, 4.69) is 10.6 Å². The number of rotatable bonds is 7. The fraction of sp³-hybridized carbons (Fsp3) is 0.391. The van der Waals surface area contributed by atoms with Gasteiger partial charge in [0.2, 0.25) is 11.8 Å². The zero-order valence-electron chi connectivity index (χ0n) is 18.0. The molecule has 0 saturated carbocycles. The maximum absolute atomic E-state index is 13.7. The Morgan fingerprint density at radius 2 is 1.65 bits per heavy atom. The lowest BCUT2D eigenvalue weighted by atomic mass is 9.95. The van der Waals surface area contributed by atoms with Crippen LogP contribution >= 0.6 is 0 Å². The summed E-state index contributed by atoms with van der Waals surface area (Å²) < 4.78 is 24.1. The average molecular weight is 429 g/mol. The zero-order chi connectivity index (χ0) is 22.4. The highest BCUT2D eigenvalue weighted by Gasteiger charge is 2.26. The van der Waals surface area contributed by atoms with E-state index in [1.54, 1.807) is 51.5 Å². The molecule has 0 bridgehead atoms. The van der Waals surface area contributed by atoms with E-state index in [0.717, 1.165) is 0 Å². The molecule has 1 aliphatic rings. The monoisotopic (exact) mass is 429 g/mol. The second-order valence-electron chi connectivity index (χ2n) is 7.62. The van der Waals surface area contributed by atoms with Crippen molar-refractivity contribution in [1.82, 2.24) is 4.90 Å². The van der Waals surface area contributed by atoms with Crippen LogP contribution in [-0.4, -0.2) is 50.6 Å². The van der Waals surface area contributed by atoms with E-state index in [1.807, 2.05) is 4.90 Å². The van der Waals surface area contributed by atoms with Crippen molar-refractivity contribution in [2.75, 3.05) is 44.5 Å². The maximum atomic E-state index is 13.7. The van der Waals surface area contributed by atoms with Crippen molar-refractivity contribution in [3.8, 4) is 11.5 Å². The molecule has 1 heterocycles. The van der Waals surface area contributed by atoms with E-state index in [-0.39, 0.29) is 30.1 Å². The summed E-state index contributed by atoms with van der Waals surface area (Å²) in [5.74, 6) is 0.389. The predicted octanol–water partition coefficient (Wildman–Crippen LogP) is 3.44. The Hall–Kier alpha value is -3.13. The number of ether oxygens (including phenoxy) is 2. The van der Waals surface area contributed by atoms with Crippen LogP contribution in [0.15, 0.2) is 36.4 Å². The minimum Gasteiger partial charge on any atom is -0.493 e. The van der Waals surface area contributed by atoms with Crippen molar-refractivity contribution in [2.45, 2.75) is 19.8 Å². The molecule has 2 aromatic carbocycles. The molecule has 1 saturated heterocycles. The number of carbonyl (C=O) groups excluding carboxylic acids is 2. The Bertz CT molecular complexity index is 942. The summed E-state index contributed by atoms with van der Waals surface area (Å²) in [6.45, 7) is 3.20. The number of hydrogen-bond donors (Lipinski definition) is 2. The van der Waals surface area contributed by atoms with Gasteiger partial charge in [-0.05, 0) is 62.7 Å². The van der Waals surface area contributed by atoms with Crippen molar-refractivity contribution in [3.63, 3.8) is 0 Å². The molecule has 0 aliphatic carbocycles. The number of nitrogens with zero attached hydrogens (tertiary/aromatic N) is 1. The van der Waals surface area contributed by atoms with Gasteiger partial charge in [0.05, 0.1) is 20.8 Å². The van der Waals surface area contributed by atoms with Gasteiger partial charge in [0.25, 0.3) is 0 Å². The molecule has 3 rings (SSSR count). The van der Waals surface area contributed by atoms with Gasteiger partial charge in [0.15, 0.2) is 11.5 Å². The highest BCUT2D eigenvalue weighted by molar-refractivity contribution is 5.93. The fourth-order valence-corrected chi connectivity index (χ4v) is 3.59. The molecule has 166 valence electrons. The second kappa shape index (κ2) is 10.3. The Morgan fingerprint density at radius 1 is 1.00 bits per heavy atom. The number of benzene rings is 2. The van der Waals surface area contributed by atoms with Gasteiger partial charge >= 0.3 is 0 Å². The van der Waals surface area contributed by atoms with Crippen LogP contribution in [0.1, 0.15) is 18.4 Å². The highest BCUT2D eigenvalue weighted by atomic mass is 19.1. The molecule has 2 aromatic rings. The molecule has 0 atom stereocenters. The number of halogens is 1. The van der Waals surface area contributed by atoms with E-state index in [9.17, 15) is 14.0 Å². The molecule has 8 heteroatoms. The minimum atomic E-state index is -0.340.